The first-order chi connectivity index (χ1) is 16.1. The van der Waals surface area contributed by atoms with Crippen LogP contribution < -0.4 is 10.7 Å². The van der Waals surface area contributed by atoms with Crippen molar-refractivity contribution in [2.45, 2.75) is 22.8 Å². The summed E-state index contributed by atoms with van der Waals surface area (Å²) in [5.41, 5.74) is 2.50. The normalized spacial score (nSPS) is 18.5. The first-order valence-corrected chi connectivity index (χ1v) is 11.6. The van der Waals surface area contributed by atoms with Crippen LogP contribution in [-0.2, 0) is 9.59 Å². The topological polar surface area (TPSA) is 78.5 Å². The lowest BCUT2D eigenvalue weighted by molar-refractivity contribution is -0.162. The summed E-state index contributed by atoms with van der Waals surface area (Å²) in [4.78, 5) is 37.0. The van der Waals surface area contributed by atoms with E-state index in [1.807, 2.05) is 5.43 Å². The number of carbonyl (C=O) groups excluding carboxylic acids is 3. The summed E-state index contributed by atoms with van der Waals surface area (Å²) in [5.74, 6) is -4.40. The predicted molar refractivity (Wildman–Crippen MR) is 128 cm³/mol. The van der Waals surface area contributed by atoms with Gasteiger partial charge >= 0.3 is 6.18 Å². The number of nitrogens with zero attached hydrogens (tertiary/aromatic N) is 1. The summed E-state index contributed by atoms with van der Waals surface area (Å²) >= 11 is 30.7. The fourth-order valence-corrected chi connectivity index (χ4v) is 4.96. The van der Waals surface area contributed by atoms with Crippen molar-refractivity contribution in [3.05, 3.63) is 62.6 Å². The van der Waals surface area contributed by atoms with Crippen LogP contribution in [0.2, 0.25) is 15.1 Å². The lowest BCUT2D eigenvalue weighted by Crippen LogP contribution is -2.44. The summed E-state index contributed by atoms with van der Waals surface area (Å²) in [6, 6.07) is 8.57. The van der Waals surface area contributed by atoms with Gasteiger partial charge in [-0.15, -0.1) is 23.2 Å². The number of halogens is 8. The maximum atomic E-state index is 12.9. The standard InChI is InChI=1S/C21H15Cl5F3N3O3/c1-32(15(33)8-20(27,28)29)31-18(34)13-7-12(2-3-14(13)24)30-19(35)17-16(21(17,25)26)9-4-10(22)6-11(23)5-9/h2-7,16-17H,8H2,1H3,(H,30,35)(H,31,34)/t16-,17+/m0/s1. The van der Waals surface area contributed by atoms with Crippen LogP contribution in [-0.4, -0.2) is 40.3 Å². The smallest absolute Gasteiger partial charge is 0.326 e. The molecule has 6 nitrogen and oxygen atoms in total. The van der Waals surface area contributed by atoms with Crippen LogP contribution >= 0.6 is 58.0 Å². The first kappa shape index (κ1) is 27.7. The van der Waals surface area contributed by atoms with Gasteiger partial charge in [0.25, 0.3) is 5.91 Å². The average molecular weight is 592 g/mol. The molecule has 14 heteroatoms. The molecule has 0 aromatic heterocycles. The van der Waals surface area contributed by atoms with E-state index in [1.54, 1.807) is 12.1 Å². The zero-order valence-corrected chi connectivity index (χ0v) is 21.3. The monoisotopic (exact) mass is 589 g/mol. The molecule has 3 amide bonds. The molecule has 1 aliphatic carbocycles. The Morgan fingerprint density at radius 2 is 1.63 bits per heavy atom. The van der Waals surface area contributed by atoms with Crippen molar-refractivity contribution in [3.8, 4) is 0 Å². The minimum Gasteiger partial charge on any atom is -0.326 e. The molecule has 2 aromatic rings. The van der Waals surface area contributed by atoms with Gasteiger partial charge < -0.3 is 5.32 Å². The Hall–Kier alpha value is -1.91. The second kappa shape index (κ2) is 10.2. The Morgan fingerprint density at radius 1 is 1.03 bits per heavy atom. The molecular formula is C21H15Cl5F3N3O3. The molecule has 188 valence electrons. The highest BCUT2D eigenvalue weighted by atomic mass is 35.5. The number of rotatable bonds is 5. The SMILES string of the molecule is CN(NC(=O)c1cc(NC(=O)[C@H]2[C@H](c3cc(Cl)cc(Cl)c3)C2(Cl)Cl)ccc1Cl)C(=O)CC(F)(F)F. The number of amides is 3. The van der Waals surface area contributed by atoms with Crippen LogP contribution in [0.3, 0.4) is 0 Å². The van der Waals surface area contributed by atoms with Gasteiger partial charge in [-0.1, -0.05) is 34.8 Å². The Kier molecular flexibility index (Phi) is 8.08. The molecule has 2 atom stereocenters. The van der Waals surface area contributed by atoms with Crippen LogP contribution in [0.5, 0.6) is 0 Å². The van der Waals surface area contributed by atoms with Gasteiger partial charge in [0, 0.05) is 28.7 Å². The third kappa shape index (κ3) is 6.65. The molecule has 1 aliphatic rings. The number of benzene rings is 2. The zero-order valence-electron chi connectivity index (χ0n) is 17.5. The maximum absolute atomic E-state index is 12.9. The fraction of sp³-hybridized carbons (Fsp3) is 0.286. The van der Waals surface area contributed by atoms with Crippen molar-refractivity contribution in [1.82, 2.24) is 10.4 Å². The molecule has 1 saturated carbocycles. The lowest BCUT2D eigenvalue weighted by atomic mass is 10.1. The number of alkyl halides is 5. The summed E-state index contributed by atoms with van der Waals surface area (Å²) in [5, 5.41) is 3.59. The van der Waals surface area contributed by atoms with E-state index >= 15 is 0 Å². The van der Waals surface area contributed by atoms with E-state index in [1.165, 1.54) is 24.3 Å². The molecule has 0 spiro atoms. The number of nitrogens with one attached hydrogen (secondary N) is 2. The van der Waals surface area contributed by atoms with Crippen molar-refractivity contribution in [2.24, 2.45) is 5.92 Å². The Balaban J connectivity index is 1.72. The van der Waals surface area contributed by atoms with Crippen molar-refractivity contribution in [3.63, 3.8) is 0 Å². The molecule has 0 heterocycles. The Labute approximate surface area is 222 Å². The van der Waals surface area contributed by atoms with Crippen LogP contribution in [0.4, 0.5) is 18.9 Å². The molecule has 0 saturated heterocycles. The van der Waals surface area contributed by atoms with Gasteiger partial charge in [-0.3, -0.25) is 24.8 Å². The van der Waals surface area contributed by atoms with E-state index in [0.717, 1.165) is 7.05 Å². The molecule has 0 unspecified atom stereocenters. The van der Waals surface area contributed by atoms with Gasteiger partial charge in [-0.25, -0.2) is 0 Å². The molecule has 1 fully saturated rings. The molecule has 0 bridgehead atoms. The number of hydrazine groups is 1. The maximum Gasteiger partial charge on any atom is 0.397 e. The third-order valence-electron chi connectivity index (χ3n) is 5.05. The summed E-state index contributed by atoms with van der Waals surface area (Å²) in [7, 11) is 0.960. The largest absolute Gasteiger partial charge is 0.397 e. The molecule has 0 aliphatic heterocycles. The lowest BCUT2D eigenvalue weighted by Gasteiger charge is -2.19. The average Bonchev–Trinajstić information content (AvgIpc) is 3.29. The van der Waals surface area contributed by atoms with Gasteiger partial charge in [-0.05, 0) is 42.0 Å². The van der Waals surface area contributed by atoms with Gasteiger partial charge in [-0.2, -0.15) is 13.2 Å². The van der Waals surface area contributed by atoms with E-state index in [4.69, 9.17) is 58.0 Å². The molecule has 3 rings (SSSR count). The van der Waals surface area contributed by atoms with Crippen molar-refractivity contribution in [1.29, 1.82) is 0 Å². The minimum absolute atomic E-state index is 0.0703. The highest BCUT2D eigenvalue weighted by Gasteiger charge is 2.67. The van der Waals surface area contributed by atoms with Crippen LogP contribution in [0.25, 0.3) is 0 Å². The van der Waals surface area contributed by atoms with Gasteiger partial charge in [0.05, 0.1) is 16.5 Å². The van der Waals surface area contributed by atoms with Crippen molar-refractivity contribution < 1.29 is 27.6 Å². The first-order valence-electron chi connectivity index (χ1n) is 9.68. The van der Waals surface area contributed by atoms with E-state index in [9.17, 15) is 27.6 Å². The summed E-state index contributed by atoms with van der Waals surface area (Å²) in [6.45, 7) is 0. The molecular weight excluding hydrogens is 577 g/mol. The van der Waals surface area contributed by atoms with Gasteiger partial charge in [0.1, 0.15) is 10.8 Å². The van der Waals surface area contributed by atoms with Crippen LogP contribution in [0, 0.1) is 5.92 Å². The number of hydrogen-bond acceptors (Lipinski definition) is 3. The van der Waals surface area contributed by atoms with E-state index in [2.05, 4.69) is 5.32 Å². The van der Waals surface area contributed by atoms with E-state index in [-0.39, 0.29) is 16.3 Å². The van der Waals surface area contributed by atoms with Crippen molar-refractivity contribution >= 4 is 81.4 Å². The predicted octanol–water partition coefficient (Wildman–Crippen LogP) is 6.23. The van der Waals surface area contributed by atoms with E-state index < -0.39 is 46.5 Å². The highest BCUT2D eigenvalue weighted by Crippen LogP contribution is 2.65. The molecule has 2 aromatic carbocycles. The number of hydrogen-bond donors (Lipinski definition) is 2. The Bertz CT molecular complexity index is 1170. The second-order valence-corrected chi connectivity index (χ2v) is 10.4. The van der Waals surface area contributed by atoms with Gasteiger partial charge in [0.15, 0.2) is 0 Å². The van der Waals surface area contributed by atoms with Crippen LogP contribution in [0.15, 0.2) is 36.4 Å². The van der Waals surface area contributed by atoms with Crippen molar-refractivity contribution in [2.75, 3.05) is 12.4 Å². The third-order valence-corrected chi connectivity index (χ3v) is 6.76. The molecule has 0 radical (unpaired) electrons. The Morgan fingerprint density at radius 3 is 2.20 bits per heavy atom. The van der Waals surface area contributed by atoms with Gasteiger partial charge in [0.2, 0.25) is 11.8 Å². The highest BCUT2D eigenvalue weighted by molar-refractivity contribution is 6.53. The molecule has 35 heavy (non-hydrogen) atoms. The fourth-order valence-electron chi connectivity index (χ4n) is 3.38. The quantitative estimate of drug-likeness (QED) is 0.320. The summed E-state index contributed by atoms with van der Waals surface area (Å²) in [6.07, 6.45) is -6.50. The minimum atomic E-state index is -4.74. The summed E-state index contributed by atoms with van der Waals surface area (Å²) < 4.78 is 35.8. The zero-order chi connectivity index (χ0) is 26.3. The molecule has 2 N–H and O–H groups in total. The number of anilines is 1. The van der Waals surface area contributed by atoms with Crippen LogP contribution in [0.1, 0.15) is 28.3 Å². The second-order valence-electron chi connectivity index (χ2n) is 7.70. The van der Waals surface area contributed by atoms with E-state index in [0.29, 0.717) is 20.6 Å². The number of carbonyl (C=O) groups is 3.